The fourth-order valence-electron chi connectivity index (χ4n) is 4.59. The molecular formula is C27H34N2O6. The van der Waals surface area contributed by atoms with Crippen LogP contribution >= 0.6 is 0 Å². The molecule has 2 unspecified atom stereocenters. The molecule has 0 fully saturated rings. The molecule has 0 aromatic heterocycles. The van der Waals surface area contributed by atoms with Gasteiger partial charge in [-0.05, 0) is 40.5 Å². The third-order valence-corrected chi connectivity index (χ3v) is 6.18. The maximum Gasteiger partial charge on any atom is 0.407 e. The number of hydrogen-bond acceptors (Lipinski definition) is 5. The third kappa shape index (κ3) is 7.29. The average Bonchev–Trinajstić information content (AvgIpc) is 3.14. The molecule has 1 aliphatic carbocycles. The quantitative estimate of drug-likeness (QED) is 0.367. The maximum absolute atomic E-state index is 12.5. The van der Waals surface area contributed by atoms with Gasteiger partial charge in [0.25, 0.3) is 0 Å². The molecule has 2 atom stereocenters. The molecule has 1 aliphatic rings. The lowest BCUT2D eigenvalue weighted by atomic mass is 9.93. The van der Waals surface area contributed by atoms with Gasteiger partial charge in [-0.15, -0.1) is 0 Å². The molecule has 2 amide bonds. The highest BCUT2D eigenvalue weighted by atomic mass is 16.5. The summed E-state index contributed by atoms with van der Waals surface area (Å²) in [6, 6.07) is 16.3. The molecule has 2 aromatic rings. The predicted molar refractivity (Wildman–Crippen MR) is 132 cm³/mol. The summed E-state index contributed by atoms with van der Waals surface area (Å²) in [6.45, 7) is 4.67. The van der Waals surface area contributed by atoms with Gasteiger partial charge in [0, 0.05) is 31.8 Å². The van der Waals surface area contributed by atoms with Crippen LogP contribution in [0.2, 0.25) is 0 Å². The summed E-state index contributed by atoms with van der Waals surface area (Å²) >= 11 is 0. The first-order valence-corrected chi connectivity index (χ1v) is 12.0. The lowest BCUT2D eigenvalue weighted by molar-refractivity contribution is -0.147. The number of carbonyl (C=O) groups excluding carboxylic acids is 2. The van der Waals surface area contributed by atoms with Crippen molar-refractivity contribution in [2.75, 3.05) is 19.7 Å². The zero-order chi connectivity index (χ0) is 25.4. The number of hydrogen-bond donors (Lipinski definition) is 4. The zero-order valence-electron chi connectivity index (χ0n) is 20.2. The lowest BCUT2D eigenvalue weighted by Crippen LogP contribution is -2.35. The van der Waals surface area contributed by atoms with Crippen molar-refractivity contribution in [2.45, 2.75) is 45.1 Å². The standard InChI is InChI=1S/C27H34N2O6/c1-17(2)13-18(14-25(31)28-12-11-24(30)26(32)33)15-29-27(34)35-16-23-21-9-5-3-7-19(21)20-8-4-6-10-22(20)23/h3-10,17-18,23-24,30H,11-16H2,1-2H3,(H,28,31)(H,29,34)(H,32,33). The summed E-state index contributed by atoms with van der Waals surface area (Å²) in [4.78, 5) is 35.4. The van der Waals surface area contributed by atoms with E-state index in [-0.39, 0.29) is 43.7 Å². The van der Waals surface area contributed by atoms with Gasteiger partial charge in [0.1, 0.15) is 6.61 Å². The van der Waals surface area contributed by atoms with Gasteiger partial charge in [-0.3, -0.25) is 4.79 Å². The number of benzene rings is 2. The molecule has 0 spiro atoms. The van der Waals surface area contributed by atoms with Crippen LogP contribution in [0.25, 0.3) is 11.1 Å². The maximum atomic E-state index is 12.5. The summed E-state index contributed by atoms with van der Waals surface area (Å²) in [5.41, 5.74) is 4.61. The van der Waals surface area contributed by atoms with Crippen LogP contribution < -0.4 is 10.6 Å². The van der Waals surface area contributed by atoms with Crippen LogP contribution in [-0.4, -0.2) is 54.0 Å². The molecule has 188 valence electrons. The van der Waals surface area contributed by atoms with Crippen molar-refractivity contribution in [1.82, 2.24) is 10.6 Å². The van der Waals surface area contributed by atoms with Crippen LogP contribution in [0, 0.1) is 11.8 Å². The summed E-state index contributed by atoms with van der Waals surface area (Å²) < 4.78 is 5.58. The first-order chi connectivity index (χ1) is 16.8. The third-order valence-electron chi connectivity index (χ3n) is 6.18. The van der Waals surface area contributed by atoms with Gasteiger partial charge < -0.3 is 25.6 Å². The van der Waals surface area contributed by atoms with E-state index in [1.54, 1.807) is 0 Å². The van der Waals surface area contributed by atoms with E-state index in [1.165, 1.54) is 0 Å². The molecule has 0 radical (unpaired) electrons. The number of rotatable bonds is 12. The molecule has 35 heavy (non-hydrogen) atoms. The van der Waals surface area contributed by atoms with Crippen molar-refractivity contribution in [1.29, 1.82) is 0 Å². The molecule has 3 rings (SSSR count). The summed E-state index contributed by atoms with van der Waals surface area (Å²) in [5, 5.41) is 23.4. The largest absolute Gasteiger partial charge is 0.479 e. The number of ether oxygens (including phenoxy) is 1. The molecule has 8 heteroatoms. The van der Waals surface area contributed by atoms with Gasteiger partial charge in [0.2, 0.25) is 5.91 Å². The Morgan fingerprint density at radius 1 is 0.971 bits per heavy atom. The molecular weight excluding hydrogens is 448 g/mol. The van der Waals surface area contributed by atoms with E-state index >= 15 is 0 Å². The molecule has 2 aromatic carbocycles. The number of alkyl carbamates (subject to hydrolysis) is 1. The topological polar surface area (TPSA) is 125 Å². The summed E-state index contributed by atoms with van der Waals surface area (Å²) in [6.07, 6.45) is -1.17. The second-order valence-electron chi connectivity index (χ2n) is 9.40. The predicted octanol–water partition coefficient (Wildman–Crippen LogP) is 3.53. The van der Waals surface area contributed by atoms with Crippen molar-refractivity contribution in [3.05, 3.63) is 59.7 Å². The number of amides is 2. The number of carboxylic acid groups (broad SMARTS) is 1. The van der Waals surface area contributed by atoms with E-state index in [0.29, 0.717) is 12.5 Å². The first kappa shape index (κ1) is 26.2. The minimum Gasteiger partial charge on any atom is -0.479 e. The van der Waals surface area contributed by atoms with E-state index in [0.717, 1.165) is 28.7 Å². The molecule has 0 saturated heterocycles. The van der Waals surface area contributed by atoms with E-state index in [9.17, 15) is 19.5 Å². The zero-order valence-corrected chi connectivity index (χ0v) is 20.2. The van der Waals surface area contributed by atoms with Gasteiger partial charge in [0.15, 0.2) is 6.10 Å². The van der Waals surface area contributed by atoms with Gasteiger partial charge in [0.05, 0.1) is 0 Å². The van der Waals surface area contributed by atoms with Crippen LogP contribution in [-0.2, 0) is 14.3 Å². The second kappa shape index (κ2) is 12.4. The Morgan fingerprint density at radius 3 is 2.14 bits per heavy atom. The number of nitrogens with one attached hydrogen (secondary N) is 2. The Hall–Kier alpha value is -3.39. The number of fused-ring (bicyclic) bond motifs is 3. The highest BCUT2D eigenvalue weighted by molar-refractivity contribution is 5.79. The van der Waals surface area contributed by atoms with Crippen molar-refractivity contribution in [2.24, 2.45) is 11.8 Å². The highest BCUT2D eigenvalue weighted by Gasteiger charge is 2.29. The number of carboxylic acids is 1. The number of carbonyl (C=O) groups is 3. The van der Waals surface area contributed by atoms with Crippen molar-refractivity contribution in [3.8, 4) is 11.1 Å². The highest BCUT2D eigenvalue weighted by Crippen LogP contribution is 2.44. The smallest absolute Gasteiger partial charge is 0.407 e. The fourth-order valence-corrected chi connectivity index (χ4v) is 4.59. The van der Waals surface area contributed by atoms with Crippen LogP contribution in [0.15, 0.2) is 48.5 Å². The van der Waals surface area contributed by atoms with E-state index in [2.05, 4.69) is 34.9 Å². The molecule has 8 nitrogen and oxygen atoms in total. The fraction of sp³-hybridized carbons (Fsp3) is 0.444. The first-order valence-electron chi connectivity index (χ1n) is 12.0. The molecule has 4 N–H and O–H groups in total. The van der Waals surface area contributed by atoms with Gasteiger partial charge in [-0.2, -0.15) is 0 Å². The van der Waals surface area contributed by atoms with Crippen LogP contribution in [0.3, 0.4) is 0 Å². The molecule has 0 aliphatic heterocycles. The SMILES string of the molecule is CC(C)CC(CNC(=O)OCC1c2ccccc2-c2ccccc21)CC(=O)NCCC(O)C(=O)O. The van der Waals surface area contributed by atoms with Crippen molar-refractivity contribution < 1.29 is 29.3 Å². The monoisotopic (exact) mass is 482 g/mol. The minimum atomic E-state index is -1.50. The van der Waals surface area contributed by atoms with E-state index in [4.69, 9.17) is 9.84 Å². The number of aliphatic hydroxyl groups is 1. The van der Waals surface area contributed by atoms with E-state index < -0.39 is 18.2 Å². The van der Waals surface area contributed by atoms with Crippen LogP contribution in [0.1, 0.15) is 50.2 Å². The summed E-state index contributed by atoms with van der Waals surface area (Å²) in [5.74, 6) is -1.36. The minimum absolute atomic E-state index is 0.0217. The molecule has 0 saturated carbocycles. The summed E-state index contributed by atoms with van der Waals surface area (Å²) in [7, 11) is 0. The van der Waals surface area contributed by atoms with Crippen LogP contribution in [0.4, 0.5) is 4.79 Å². The number of aliphatic hydroxyl groups excluding tert-OH is 1. The lowest BCUT2D eigenvalue weighted by Gasteiger charge is -2.20. The van der Waals surface area contributed by atoms with Crippen molar-refractivity contribution >= 4 is 18.0 Å². The molecule has 0 heterocycles. The average molecular weight is 483 g/mol. The molecule has 0 bridgehead atoms. The van der Waals surface area contributed by atoms with E-state index in [1.807, 2.05) is 38.1 Å². The van der Waals surface area contributed by atoms with Gasteiger partial charge in [-0.25, -0.2) is 9.59 Å². The Balaban J connectivity index is 1.49. The van der Waals surface area contributed by atoms with Crippen molar-refractivity contribution in [3.63, 3.8) is 0 Å². The Morgan fingerprint density at radius 2 is 1.57 bits per heavy atom. The number of aliphatic carboxylic acids is 1. The van der Waals surface area contributed by atoms with Gasteiger partial charge in [-0.1, -0.05) is 62.4 Å². The Bertz CT molecular complexity index is 992. The van der Waals surface area contributed by atoms with Crippen LogP contribution in [0.5, 0.6) is 0 Å². The van der Waals surface area contributed by atoms with Gasteiger partial charge >= 0.3 is 12.1 Å². The second-order valence-corrected chi connectivity index (χ2v) is 9.40. The Labute approximate surface area is 205 Å². The Kier molecular flexibility index (Phi) is 9.25. The normalized spacial score (nSPS) is 14.1.